The van der Waals surface area contributed by atoms with E-state index in [2.05, 4.69) is 5.32 Å². The number of carboxylic acids is 1. The summed E-state index contributed by atoms with van der Waals surface area (Å²) in [6.07, 6.45) is 0.733. The molecule has 22 heavy (non-hydrogen) atoms. The number of hydrogen-bond acceptors (Lipinski definition) is 4. The Morgan fingerprint density at radius 3 is 2.91 bits per heavy atom. The minimum absolute atomic E-state index is 0.00152. The van der Waals surface area contributed by atoms with Crippen LogP contribution in [0, 0.1) is 6.92 Å². The maximum Gasteiger partial charge on any atom is 0.317 e. The van der Waals surface area contributed by atoms with Crippen LogP contribution in [0.1, 0.15) is 18.9 Å². The first-order valence-corrected chi connectivity index (χ1v) is 7.32. The molecule has 1 aliphatic heterocycles. The minimum atomic E-state index is -0.895. The second-order valence-corrected chi connectivity index (χ2v) is 5.98. The van der Waals surface area contributed by atoms with Crippen LogP contribution in [0.5, 0.6) is 5.75 Å². The van der Waals surface area contributed by atoms with E-state index in [4.69, 9.17) is 9.84 Å². The largest absolute Gasteiger partial charge is 0.484 e. The van der Waals surface area contributed by atoms with Gasteiger partial charge in [-0.2, -0.15) is 0 Å². The first kappa shape index (κ1) is 16.3. The molecular weight excluding hydrogens is 284 g/mol. The molecule has 0 unspecified atom stereocenters. The normalized spacial score (nSPS) is 20.9. The molecule has 0 spiro atoms. The van der Waals surface area contributed by atoms with Gasteiger partial charge in [0.15, 0.2) is 6.61 Å². The summed E-state index contributed by atoms with van der Waals surface area (Å²) in [5, 5.41) is 11.7. The molecule has 0 radical (unpaired) electrons. The van der Waals surface area contributed by atoms with Gasteiger partial charge in [-0.1, -0.05) is 12.1 Å². The van der Waals surface area contributed by atoms with E-state index >= 15 is 0 Å². The molecule has 120 valence electrons. The number of ether oxygens (including phenoxy) is 1. The summed E-state index contributed by atoms with van der Waals surface area (Å²) in [6, 6.07) is 7.56. The van der Waals surface area contributed by atoms with Crippen LogP contribution in [0.15, 0.2) is 24.3 Å². The Kier molecular flexibility index (Phi) is 5.03. The fourth-order valence-corrected chi connectivity index (χ4v) is 2.55. The molecule has 1 heterocycles. The highest BCUT2D eigenvalue weighted by molar-refractivity contribution is 5.78. The third-order valence-electron chi connectivity index (χ3n) is 3.84. The summed E-state index contributed by atoms with van der Waals surface area (Å²) in [7, 11) is 0. The molecule has 1 fully saturated rings. The molecule has 1 saturated heterocycles. The van der Waals surface area contributed by atoms with Crippen molar-refractivity contribution < 1.29 is 19.4 Å². The summed E-state index contributed by atoms with van der Waals surface area (Å²) in [5.41, 5.74) is 0.730. The highest BCUT2D eigenvalue weighted by Gasteiger charge is 2.36. The summed E-state index contributed by atoms with van der Waals surface area (Å²) < 4.78 is 5.52. The average molecular weight is 306 g/mol. The molecule has 6 nitrogen and oxygen atoms in total. The first-order chi connectivity index (χ1) is 10.4. The molecule has 1 aromatic carbocycles. The Hall–Kier alpha value is -2.08. The number of aryl methyl sites for hydroxylation is 1. The Morgan fingerprint density at radius 2 is 2.23 bits per heavy atom. The van der Waals surface area contributed by atoms with Crippen LogP contribution in [-0.2, 0) is 9.59 Å². The number of aliphatic carboxylic acids is 1. The molecule has 2 N–H and O–H groups in total. The van der Waals surface area contributed by atoms with Gasteiger partial charge in [0.05, 0.1) is 6.54 Å². The van der Waals surface area contributed by atoms with Crippen LogP contribution in [0.2, 0.25) is 0 Å². The predicted octanol–water partition coefficient (Wildman–Crippen LogP) is 1.04. The highest BCUT2D eigenvalue weighted by atomic mass is 16.5. The van der Waals surface area contributed by atoms with Crippen molar-refractivity contribution in [3.05, 3.63) is 29.8 Å². The maximum atomic E-state index is 12.2. The fraction of sp³-hybridized carbons (Fsp3) is 0.500. The van der Waals surface area contributed by atoms with Crippen LogP contribution >= 0.6 is 0 Å². The van der Waals surface area contributed by atoms with Crippen molar-refractivity contribution >= 4 is 11.9 Å². The number of amides is 1. The molecule has 0 bridgehead atoms. The first-order valence-electron chi connectivity index (χ1n) is 7.32. The number of benzene rings is 1. The van der Waals surface area contributed by atoms with E-state index in [1.807, 2.05) is 38.1 Å². The summed E-state index contributed by atoms with van der Waals surface area (Å²) in [6.45, 7) is 4.91. The third-order valence-corrected chi connectivity index (χ3v) is 3.84. The van der Waals surface area contributed by atoms with Gasteiger partial charge in [0.1, 0.15) is 5.75 Å². The van der Waals surface area contributed by atoms with Gasteiger partial charge in [0.25, 0.3) is 5.91 Å². The van der Waals surface area contributed by atoms with E-state index in [0.717, 1.165) is 12.0 Å². The number of carbonyl (C=O) groups is 2. The number of likely N-dealkylation sites (tertiary alicyclic amines) is 1. The molecule has 0 aromatic heterocycles. The van der Waals surface area contributed by atoms with Crippen molar-refractivity contribution in [3.8, 4) is 5.75 Å². The zero-order chi connectivity index (χ0) is 16.2. The van der Waals surface area contributed by atoms with Gasteiger partial charge in [0.2, 0.25) is 0 Å². The van der Waals surface area contributed by atoms with E-state index in [9.17, 15) is 9.59 Å². The van der Waals surface area contributed by atoms with Crippen molar-refractivity contribution in [1.29, 1.82) is 0 Å². The van der Waals surface area contributed by atoms with Crippen molar-refractivity contribution in [2.75, 3.05) is 26.2 Å². The number of rotatable bonds is 6. The van der Waals surface area contributed by atoms with Gasteiger partial charge in [-0.15, -0.1) is 0 Å². The van der Waals surface area contributed by atoms with Crippen LogP contribution in [-0.4, -0.2) is 53.7 Å². The standard InChI is InChI=1S/C16H22N2O4/c1-12-4-3-5-13(8-12)22-10-14(19)18-7-6-16(2,11-18)17-9-15(20)21/h3-5,8,17H,6-7,9-11H2,1-2H3,(H,20,21)/t16-/m0/s1. The number of hydrogen-bond donors (Lipinski definition) is 2. The fourth-order valence-electron chi connectivity index (χ4n) is 2.55. The lowest BCUT2D eigenvalue weighted by Gasteiger charge is -2.25. The zero-order valence-corrected chi connectivity index (χ0v) is 13.0. The highest BCUT2D eigenvalue weighted by Crippen LogP contribution is 2.21. The van der Waals surface area contributed by atoms with Gasteiger partial charge in [0, 0.05) is 18.6 Å². The Balaban J connectivity index is 1.82. The van der Waals surface area contributed by atoms with Gasteiger partial charge < -0.3 is 14.7 Å². The average Bonchev–Trinajstić information content (AvgIpc) is 2.86. The Bertz CT molecular complexity index is 561. The SMILES string of the molecule is Cc1cccc(OCC(=O)N2CC[C@](C)(NCC(=O)O)C2)c1. The molecule has 0 saturated carbocycles. The Labute approximate surface area is 130 Å². The molecule has 2 rings (SSSR count). The van der Waals surface area contributed by atoms with Crippen molar-refractivity contribution in [2.24, 2.45) is 0 Å². The lowest BCUT2D eigenvalue weighted by Crippen LogP contribution is -2.48. The molecule has 1 amide bonds. The topological polar surface area (TPSA) is 78.9 Å². The number of carbonyl (C=O) groups excluding carboxylic acids is 1. The van der Waals surface area contributed by atoms with Gasteiger partial charge in [-0.05, 0) is 38.0 Å². The Morgan fingerprint density at radius 1 is 1.45 bits per heavy atom. The lowest BCUT2D eigenvalue weighted by atomic mass is 10.0. The molecule has 1 aliphatic rings. The van der Waals surface area contributed by atoms with E-state index in [0.29, 0.717) is 18.8 Å². The summed E-state index contributed by atoms with van der Waals surface area (Å²) in [5.74, 6) is -0.296. The second-order valence-electron chi connectivity index (χ2n) is 5.98. The number of nitrogens with zero attached hydrogens (tertiary/aromatic N) is 1. The third kappa shape index (κ3) is 4.46. The predicted molar refractivity (Wildman–Crippen MR) is 81.9 cm³/mol. The van der Waals surface area contributed by atoms with E-state index in [-0.39, 0.29) is 24.6 Å². The number of carboxylic acid groups (broad SMARTS) is 1. The van der Waals surface area contributed by atoms with Gasteiger partial charge in [-0.25, -0.2) is 0 Å². The van der Waals surface area contributed by atoms with E-state index in [1.54, 1.807) is 4.90 Å². The minimum Gasteiger partial charge on any atom is -0.484 e. The molecule has 6 heteroatoms. The monoisotopic (exact) mass is 306 g/mol. The van der Waals surface area contributed by atoms with Crippen molar-refractivity contribution in [1.82, 2.24) is 10.2 Å². The number of nitrogens with one attached hydrogen (secondary N) is 1. The van der Waals surface area contributed by atoms with Crippen LogP contribution in [0.4, 0.5) is 0 Å². The molecular formula is C16H22N2O4. The summed E-state index contributed by atoms with van der Waals surface area (Å²) in [4.78, 5) is 24.5. The quantitative estimate of drug-likeness (QED) is 0.821. The van der Waals surface area contributed by atoms with Crippen molar-refractivity contribution in [2.45, 2.75) is 25.8 Å². The van der Waals surface area contributed by atoms with Gasteiger partial charge in [-0.3, -0.25) is 14.9 Å². The van der Waals surface area contributed by atoms with Gasteiger partial charge >= 0.3 is 5.97 Å². The van der Waals surface area contributed by atoms with Crippen LogP contribution in [0.3, 0.4) is 0 Å². The lowest BCUT2D eigenvalue weighted by molar-refractivity contribution is -0.136. The second kappa shape index (κ2) is 6.79. The van der Waals surface area contributed by atoms with E-state index < -0.39 is 5.97 Å². The molecule has 1 atom stereocenters. The van der Waals surface area contributed by atoms with E-state index in [1.165, 1.54) is 0 Å². The van der Waals surface area contributed by atoms with Crippen LogP contribution < -0.4 is 10.1 Å². The smallest absolute Gasteiger partial charge is 0.317 e. The maximum absolute atomic E-state index is 12.2. The summed E-state index contributed by atoms with van der Waals surface area (Å²) >= 11 is 0. The van der Waals surface area contributed by atoms with Crippen LogP contribution in [0.25, 0.3) is 0 Å². The zero-order valence-electron chi connectivity index (χ0n) is 13.0. The molecule has 0 aliphatic carbocycles. The molecule has 1 aromatic rings. The van der Waals surface area contributed by atoms with Crippen molar-refractivity contribution in [3.63, 3.8) is 0 Å².